The molecule has 0 bridgehead atoms. The second-order valence-electron chi connectivity index (χ2n) is 9.88. The SMILES string of the molecule is C=C1C[C@H](C)C[C@H](CCCn2c(=O)n(CCC(=O)O)c(=O)[nH]/c2=N\c2ccc(OC(C)C)c(F)c2)C1. The highest BCUT2D eigenvalue weighted by atomic mass is 19.1. The minimum absolute atomic E-state index is 0.0186. The van der Waals surface area contributed by atoms with Crippen molar-refractivity contribution in [2.24, 2.45) is 16.8 Å². The molecule has 1 aromatic carbocycles. The Morgan fingerprint density at radius 1 is 1.28 bits per heavy atom. The van der Waals surface area contributed by atoms with Crippen LogP contribution in [0.15, 0.2) is 44.9 Å². The first-order chi connectivity index (χ1) is 17.0. The van der Waals surface area contributed by atoms with E-state index in [1.165, 1.54) is 28.3 Å². The lowest BCUT2D eigenvalue weighted by molar-refractivity contribution is -0.137. The molecule has 1 aliphatic rings. The summed E-state index contributed by atoms with van der Waals surface area (Å²) in [6.45, 7) is 9.93. The number of ether oxygens (including phenoxy) is 1. The van der Waals surface area contributed by atoms with Crippen molar-refractivity contribution in [1.29, 1.82) is 0 Å². The zero-order valence-electron chi connectivity index (χ0n) is 21.1. The Hall–Kier alpha value is -3.43. The summed E-state index contributed by atoms with van der Waals surface area (Å²) in [6.07, 6.45) is 4.06. The number of carboxylic acid groups (broad SMARTS) is 1. The van der Waals surface area contributed by atoms with Crippen molar-refractivity contribution in [3.8, 4) is 5.75 Å². The molecule has 1 aromatic heterocycles. The monoisotopic (exact) mass is 502 g/mol. The van der Waals surface area contributed by atoms with Crippen LogP contribution in [0.2, 0.25) is 0 Å². The van der Waals surface area contributed by atoms with Crippen molar-refractivity contribution in [2.75, 3.05) is 0 Å². The van der Waals surface area contributed by atoms with Crippen LogP contribution in [0, 0.1) is 17.7 Å². The third kappa shape index (κ3) is 7.29. The fraction of sp³-hybridized carbons (Fsp3) is 0.538. The quantitative estimate of drug-likeness (QED) is 0.480. The third-order valence-corrected chi connectivity index (χ3v) is 6.19. The van der Waals surface area contributed by atoms with Crippen LogP contribution in [-0.2, 0) is 17.9 Å². The number of allylic oxidation sites excluding steroid dienone is 1. The van der Waals surface area contributed by atoms with Crippen LogP contribution in [0.4, 0.5) is 10.1 Å². The van der Waals surface area contributed by atoms with Gasteiger partial charge in [-0.25, -0.2) is 23.5 Å². The maximum Gasteiger partial charge on any atom is 0.334 e. The number of H-pyrrole nitrogens is 1. The van der Waals surface area contributed by atoms with Gasteiger partial charge in [-0.15, -0.1) is 0 Å². The van der Waals surface area contributed by atoms with Gasteiger partial charge in [0.05, 0.1) is 18.2 Å². The lowest BCUT2D eigenvalue weighted by atomic mass is 9.78. The Morgan fingerprint density at radius 3 is 2.67 bits per heavy atom. The highest BCUT2D eigenvalue weighted by Crippen LogP contribution is 2.34. The van der Waals surface area contributed by atoms with E-state index >= 15 is 0 Å². The van der Waals surface area contributed by atoms with Gasteiger partial charge in [0.15, 0.2) is 11.6 Å². The van der Waals surface area contributed by atoms with E-state index in [1.54, 1.807) is 13.8 Å². The van der Waals surface area contributed by atoms with Gasteiger partial charge in [0.1, 0.15) is 0 Å². The number of carbonyl (C=O) groups is 1. The van der Waals surface area contributed by atoms with Gasteiger partial charge in [-0.3, -0.25) is 14.3 Å². The van der Waals surface area contributed by atoms with Crippen molar-refractivity contribution >= 4 is 11.7 Å². The molecule has 0 radical (unpaired) electrons. The van der Waals surface area contributed by atoms with Crippen molar-refractivity contribution in [2.45, 2.75) is 78.5 Å². The lowest BCUT2D eigenvalue weighted by Crippen LogP contribution is -2.50. The van der Waals surface area contributed by atoms with Gasteiger partial charge >= 0.3 is 17.3 Å². The molecule has 36 heavy (non-hydrogen) atoms. The number of rotatable bonds is 10. The third-order valence-electron chi connectivity index (χ3n) is 6.19. The Labute approximate surface area is 209 Å². The first-order valence-electron chi connectivity index (χ1n) is 12.4. The summed E-state index contributed by atoms with van der Waals surface area (Å²) >= 11 is 0. The molecule has 2 N–H and O–H groups in total. The van der Waals surface area contributed by atoms with E-state index in [1.807, 2.05) is 0 Å². The van der Waals surface area contributed by atoms with Gasteiger partial charge in [0, 0.05) is 19.2 Å². The largest absolute Gasteiger partial charge is 0.488 e. The summed E-state index contributed by atoms with van der Waals surface area (Å²) in [7, 11) is 0. The maximum absolute atomic E-state index is 14.5. The average molecular weight is 503 g/mol. The molecule has 1 heterocycles. The average Bonchev–Trinajstić information content (AvgIpc) is 2.76. The van der Waals surface area contributed by atoms with E-state index in [2.05, 4.69) is 23.5 Å². The van der Waals surface area contributed by atoms with Crippen LogP contribution in [-0.4, -0.2) is 31.3 Å². The smallest absolute Gasteiger partial charge is 0.334 e. The zero-order valence-corrected chi connectivity index (χ0v) is 21.1. The van der Waals surface area contributed by atoms with Crippen LogP contribution < -0.4 is 21.7 Å². The molecule has 1 aliphatic carbocycles. The molecule has 0 saturated heterocycles. The van der Waals surface area contributed by atoms with Gasteiger partial charge in [-0.2, -0.15) is 0 Å². The summed E-state index contributed by atoms with van der Waals surface area (Å²) < 4.78 is 22.1. The van der Waals surface area contributed by atoms with Gasteiger partial charge < -0.3 is 9.84 Å². The van der Waals surface area contributed by atoms with E-state index in [0.717, 1.165) is 30.3 Å². The van der Waals surface area contributed by atoms with E-state index in [-0.39, 0.29) is 42.7 Å². The summed E-state index contributed by atoms with van der Waals surface area (Å²) in [6, 6.07) is 4.15. The predicted octanol–water partition coefficient (Wildman–Crippen LogP) is 3.74. The molecule has 0 spiro atoms. The molecule has 1 saturated carbocycles. The van der Waals surface area contributed by atoms with E-state index < -0.39 is 23.2 Å². The van der Waals surface area contributed by atoms with Gasteiger partial charge in [-0.1, -0.05) is 19.1 Å². The Kier molecular flexibility index (Phi) is 9.06. The van der Waals surface area contributed by atoms with Gasteiger partial charge in [0.25, 0.3) is 0 Å². The molecule has 196 valence electrons. The molecule has 10 heteroatoms. The van der Waals surface area contributed by atoms with E-state index in [9.17, 15) is 18.8 Å². The molecule has 2 atom stereocenters. The van der Waals surface area contributed by atoms with Gasteiger partial charge in [0.2, 0.25) is 5.62 Å². The second kappa shape index (κ2) is 12.0. The second-order valence-corrected chi connectivity index (χ2v) is 9.88. The molecule has 0 aliphatic heterocycles. The number of nitrogens with zero attached hydrogens (tertiary/aromatic N) is 3. The van der Waals surface area contributed by atoms with Crippen LogP contribution in [0.1, 0.15) is 59.3 Å². The topological polar surface area (TPSA) is 119 Å². The summed E-state index contributed by atoms with van der Waals surface area (Å²) in [5.74, 6) is -0.597. The van der Waals surface area contributed by atoms with Crippen LogP contribution in [0.5, 0.6) is 5.75 Å². The standard InChI is InChI=1S/C26H35FN4O5/c1-16(2)36-22-8-7-20(15-21(22)27)28-24-29-25(34)31(11-9-23(32)33)26(35)30(24)10-5-6-19-13-17(3)12-18(4)14-19/h7-8,15-16,18-19H,3,5-6,9-14H2,1-2,4H3,(H,32,33)(H,28,29,34)/t18-,19+/m0/s1. The molecular weight excluding hydrogens is 467 g/mol. The molecule has 1 fully saturated rings. The number of benzene rings is 1. The number of halogens is 1. The summed E-state index contributed by atoms with van der Waals surface area (Å²) in [4.78, 5) is 43.7. The molecule has 2 aromatic rings. The van der Waals surface area contributed by atoms with Gasteiger partial charge in [-0.05, 0) is 69.9 Å². The fourth-order valence-corrected chi connectivity index (χ4v) is 4.76. The fourth-order valence-electron chi connectivity index (χ4n) is 4.76. The van der Waals surface area contributed by atoms with Crippen molar-refractivity contribution in [3.63, 3.8) is 0 Å². The Morgan fingerprint density at radius 2 is 2.03 bits per heavy atom. The zero-order chi connectivity index (χ0) is 26.4. The number of aromatic amines is 1. The van der Waals surface area contributed by atoms with E-state index in [0.29, 0.717) is 18.3 Å². The molecule has 0 unspecified atom stereocenters. The number of nitrogens with one attached hydrogen (secondary N) is 1. The maximum atomic E-state index is 14.5. The molecule has 9 nitrogen and oxygen atoms in total. The first-order valence-corrected chi connectivity index (χ1v) is 12.4. The Bertz CT molecular complexity index is 1290. The van der Waals surface area contributed by atoms with Crippen LogP contribution >= 0.6 is 0 Å². The number of carboxylic acids is 1. The number of hydrogen-bond acceptors (Lipinski definition) is 5. The van der Waals surface area contributed by atoms with Crippen molar-refractivity contribution in [3.05, 3.63) is 62.8 Å². The normalized spacial score (nSPS) is 18.6. The number of hydrogen-bond donors (Lipinski definition) is 2. The summed E-state index contributed by atoms with van der Waals surface area (Å²) in [5.41, 5.74) is 0.00592. The molecular formula is C26H35FN4O5. The number of aliphatic carboxylic acids is 1. The Balaban J connectivity index is 1.94. The minimum atomic E-state index is -1.12. The molecule has 3 rings (SSSR count). The minimum Gasteiger partial charge on any atom is -0.488 e. The lowest BCUT2D eigenvalue weighted by Gasteiger charge is -2.28. The van der Waals surface area contributed by atoms with Crippen molar-refractivity contribution < 1.29 is 19.0 Å². The predicted molar refractivity (Wildman–Crippen MR) is 134 cm³/mol. The van der Waals surface area contributed by atoms with Crippen LogP contribution in [0.3, 0.4) is 0 Å². The number of aromatic nitrogens is 3. The highest BCUT2D eigenvalue weighted by molar-refractivity contribution is 5.66. The summed E-state index contributed by atoms with van der Waals surface area (Å²) in [5, 5.41) is 9.00. The van der Waals surface area contributed by atoms with Crippen molar-refractivity contribution in [1.82, 2.24) is 14.1 Å². The molecule has 0 amide bonds. The van der Waals surface area contributed by atoms with Crippen LogP contribution in [0.25, 0.3) is 0 Å². The first kappa shape index (κ1) is 27.2. The highest BCUT2D eigenvalue weighted by Gasteiger charge is 2.21. The van der Waals surface area contributed by atoms with E-state index in [4.69, 9.17) is 9.84 Å².